The lowest BCUT2D eigenvalue weighted by Crippen LogP contribution is -2.54. The molecule has 2 fully saturated rings. The quantitative estimate of drug-likeness (QED) is 0.762. The second-order valence-electron chi connectivity index (χ2n) is 6.30. The van der Waals surface area contributed by atoms with Crippen molar-refractivity contribution in [2.24, 2.45) is 23.5 Å². The predicted molar refractivity (Wildman–Crippen MR) is 73.1 cm³/mol. The van der Waals surface area contributed by atoms with Gasteiger partial charge >= 0.3 is 0 Å². The Hall–Kier alpha value is -0.610. The van der Waals surface area contributed by atoms with E-state index in [1.165, 1.54) is 19.3 Å². The molecular formula is C14H27N3O. The Balaban J connectivity index is 1.81. The highest BCUT2D eigenvalue weighted by molar-refractivity contribution is 5.78. The van der Waals surface area contributed by atoms with Gasteiger partial charge in [0.1, 0.15) is 0 Å². The van der Waals surface area contributed by atoms with E-state index < -0.39 is 0 Å². The molecule has 4 nitrogen and oxygen atoms in total. The van der Waals surface area contributed by atoms with E-state index in [1.54, 1.807) is 0 Å². The van der Waals surface area contributed by atoms with Crippen molar-refractivity contribution in [2.75, 3.05) is 26.2 Å². The van der Waals surface area contributed by atoms with Crippen LogP contribution in [0, 0.1) is 17.8 Å². The molecule has 4 heteroatoms. The van der Waals surface area contributed by atoms with Crippen LogP contribution < -0.4 is 11.1 Å². The molecule has 1 aliphatic carbocycles. The summed E-state index contributed by atoms with van der Waals surface area (Å²) < 4.78 is 0. The van der Waals surface area contributed by atoms with Gasteiger partial charge in [0.25, 0.3) is 0 Å². The van der Waals surface area contributed by atoms with E-state index in [2.05, 4.69) is 24.1 Å². The molecule has 0 aromatic rings. The van der Waals surface area contributed by atoms with Crippen molar-refractivity contribution >= 4 is 5.91 Å². The maximum Gasteiger partial charge on any atom is 0.234 e. The number of carbonyl (C=O) groups is 1. The molecule has 0 aromatic carbocycles. The van der Waals surface area contributed by atoms with E-state index in [4.69, 9.17) is 5.73 Å². The first-order valence-corrected chi connectivity index (χ1v) is 7.31. The van der Waals surface area contributed by atoms with Gasteiger partial charge in [0, 0.05) is 25.7 Å². The third-order valence-corrected chi connectivity index (χ3v) is 4.32. The fraction of sp³-hybridized carbons (Fsp3) is 0.929. The zero-order valence-electron chi connectivity index (χ0n) is 11.7. The van der Waals surface area contributed by atoms with Crippen LogP contribution in [0.3, 0.4) is 0 Å². The van der Waals surface area contributed by atoms with E-state index in [-0.39, 0.29) is 5.91 Å². The first-order chi connectivity index (χ1) is 8.60. The Morgan fingerprint density at radius 3 is 2.72 bits per heavy atom. The van der Waals surface area contributed by atoms with Crippen LogP contribution in [0.1, 0.15) is 33.1 Å². The smallest absolute Gasteiger partial charge is 0.234 e. The second kappa shape index (κ2) is 6.02. The topological polar surface area (TPSA) is 58.4 Å². The summed E-state index contributed by atoms with van der Waals surface area (Å²) in [6, 6.07) is 0.368. The number of piperidine rings is 1. The molecule has 1 saturated heterocycles. The normalized spacial score (nSPS) is 33.4. The molecule has 3 unspecified atom stereocenters. The van der Waals surface area contributed by atoms with E-state index in [1.807, 2.05) is 0 Å². The number of nitrogens with one attached hydrogen (secondary N) is 1. The number of amides is 1. The maximum atomic E-state index is 11.9. The lowest BCUT2D eigenvalue weighted by Gasteiger charge is -2.42. The van der Waals surface area contributed by atoms with E-state index in [0.717, 1.165) is 19.0 Å². The molecule has 18 heavy (non-hydrogen) atoms. The number of likely N-dealkylation sites (tertiary alicyclic amines) is 1. The van der Waals surface area contributed by atoms with E-state index in [0.29, 0.717) is 31.0 Å². The van der Waals surface area contributed by atoms with Gasteiger partial charge in [0.2, 0.25) is 5.91 Å². The summed E-state index contributed by atoms with van der Waals surface area (Å²) in [7, 11) is 0. The SMILES string of the molecule is CC1CC(C)C(CN)N(CC(=O)NCC2CC2)C1. The summed E-state index contributed by atoms with van der Waals surface area (Å²) in [4.78, 5) is 14.2. The molecule has 0 aromatic heterocycles. The van der Waals surface area contributed by atoms with Crippen molar-refractivity contribution in [3.05, 3.63) is 0 Å². The second-order valence-corrected chi connectivity index (χ2v) is 6.30. The van der Waals surface area contributed by atoms with Gasteiger partial charge in [-0.05, 0) is 37.0 Å². The first kappa shape index (κ1) is 13.8. The van der Waals surface area contributed by atoms with Crippen LogP contribution in [0.5, 0.6) is 0 Å². The van der Waals surface area contributed by atoms with Crippen molar-refractivity contribution in [1.82, 2.24) is 10.2 Å². The number of nitrogens with zero attached hydrogens (tertiary/aromatic N) is 1. The number of carbonyl (C=O) groups excluding carboxylic acids is 1. The standard InChI is InChI=1S/C14H27N3O/c1-10-5-11(2)13(6-15)17(8-10)9-14(18)16-7-12-3-4-12/h10-13H,3-9,15H2,1-2H3,(H,16,18). The van der Waals surface area contributed by atoms with Crippen molar-refractivity contribution in [3.63, 3.8) is 0 Å². The van der Waals surface area contributed by atoms with Gasteiger partial charge in [-0.3, -0.25) is 9.69 Å². The highest BCUT2D eigenvalue weighted by Gasteiger charge is 2.32. The van der Waals surface area contributed by atoms with Gasteiger partial charge in [-0.15, -0.1) is 0 Å². The summed E-state index contributed by atoms with van der Waals surface area (Å²) in [6.07, 6.45) is 3.79. The Bertz CT molecular complexity index is 291. The third kappa shape index (κ3) is 3.69. The molecule has 2 rings (SSSR count). The fourth-order valence-corrected chi connectivity index (χ4v) is 3.15. The van der Waals surface area contributed by atoms with Gasteiger partial charge in [-0.2, -0.15) is 0 Å². The number of rotatable bonds is 5. The summed E-state index contributed by atoms with van der Waals surface area (Å²) in [5.74, 6) is 2.18. The zero-order valence-corrected chi connectivity index (χ0v) is 11.7. The highest BCUT2D eigenvalue weighted by atomic mass is 16.2. The zero-order chi connectivity index (χ0) is 13.1. The molecule has 2 aliphatic rings. The number of nitrogens with two attached hydrogens (primary N) is 1. The Labute approximate surface area is 110 Å². The molecule has 1 amide bonds. The molecule has 0 bridgehead atoms. The van der Waals surface area contributed by atoms with Crippen LogP contribution in [-0.4, -0.2) is 43.0 Å². The van der Waals surface area contributed by atoms with Gasteiger partial charge < -0.3 is 11.1 Å². The Morgan fingerprint density at radius 2 is 2.11 bits per heavy atom. The molecule has 1 heterocycles. The van der Waals surface area contributed by atoms with Crippen LogP contribution in [0.15, 0.2) is 0 Å². The average molecular weight is 253 g/mol. The van der Waals surface area contributed by atoms with Crippen molar-refractivity contribution in [2.45, 2.75) is 39.2 Å². The van der Waals surface area contributed by atoms with E-state index in [9.17, 15) is 4.79 Å². The first-order valence-electron chi connectivity index (χ1n) is 7.31. The summed E-state index contributed by atoms with van der Waals surface area (Å²) in [6.45, 7) is 7.56. The van der Waals surface area contributed by atoms with Crippen molar-refractivity contribution in [1.29, 1.82) is 0 Å². The van der Waals surface area contributed by atoms with Gasteiger partial charge in [-0.1, -0.05) is 13.8 Å². The Morgan fingerprint density at radius 1 is 1.39 bits per heavy atom. The minimum Gasteiger partial charge on any atom is -0.355 e. The van der Waals surface area contributed by atoms with Crippen LogP contribution in [-0.2, 0) is 4.79 Å². The minimum atomic E-state index is 0.168. The van der Waals surface area contributed by atoms with Crippen LogP contribution in [0.2, 0.25) is 0 Å². The van der Waals surface area contributed by atoms with Crippen LogP contribution in [0.25, 0.3) is 0 Å². The molecule has 1 aliphatic heterocycles. The summed E-state index contributed by atoms with van der Waals surface area (Å²) in [5.41, 5.74) is 5.86. The molecular weight excluding hydrogens is 226 g/mol. The predicted octanol–water partition coefficient (Wildman–Crippen LogP) is 0.818. The van der Waals surface area contributed by atoms with Crippen molar-refractivity contribution < 1.29 is 4.79 Å². The monoisotopic (exact) mass is 253 g/mol. The molecule has 104 valence electrons. The highest BCUT2D eigenvalue weighted by Crippen LogP contribution is 2.28. The molecule has 1 saturated carbocycles. The molecule has 0 radical (unpaired) electrons. The van der Waals surface area contributed by atoms with Crippen LogP contribution >= 0.6 is 0 Å². The van der Waals surface area contributed by atoms with Crippen molar-refractivity contribution in [3.8, 4) is 0 Å². The molecule has 3 N–H and O–H groups in total. The third-order valence-electron chi connectivity index (χ3n) is 4.32. The fourth-order valence-electron chi connectivity index (χ4n) is 3.15. The largest absolute Gasteiger partial charge is 0.355 e. The Kier molecular flexibility index (Phi) is 4.62. The molecule has 0 spiro atoms. The van der Waals surface area contributed by atoms with Gasteiger partial charge in [0.05, 0.1) is 6.54 Å². The summed E-state index contributed by atoms with van der Waals surface area (Å²) in [5, 5.41) is 3.04. The number of hydrogen-bond acceptors (Lipinski definition) is 3. The van der Waals surface area contributed by atoms with E-state index >= 15 is 0 Å². The average Bonchev–Trinajstić information content (AvgIpc) is 3.09. The summed E-state index contributed by atoms with van der Waals surface area (Å²) >= 11 is 0. The lowest BCUT2D eigenvalue weighted by molar-refractivity contribution is -0.123. The number of hydrogen-bond donors (Lipinski definition) is 2. The van der Waals surface area contributed by atoms with Gasteiger partial charge in [0.15, 0.2) is 0 Å². The maximum absolute atomic E-state index is 11.9. The minimum absolute atomic E-state index is 0.168. The lowest BCUT2D eigenvalue weighted by atomic mass is 9.85. The van der Waals surface area contributed by atoms with Gasteiger partial charge in [-0.25, -0.2) is 0 Å². The molecule has 3 atom stereocenters. The van der Waals surface area contributed by atoms with Crippen LogP contribution in [0.4, 0.5) is 0 Å².